The molecule has 146 valence electrons. The molecule has 0 bridgehead atoms. The molecule has 8 nitrogen and oxygen atoms in total. The second-order valence-corrected chi connectivity index (χ2v) is 6.33. The van der Waals surface area contributed by atoms with E-state index < -0.39 is 0 Å². The first-order valence-corrected chi connectivity index (χ1v) is 9.48. The zero-order valence-corrected chi connectivity index (χ0v) is 16.1. The molecule has 0 fully saturated rings. The molecule has 0 saturated heterocycles. The van der Waals surface area contributed by atoms with Crippen LogP contribution < -0.4 is 15.4 Å². The quantitative estimate of drug-likeness (QED) is 0.399. The van der Waals surface area contributed by atoms with E-state index in [0.717, 1.165) is 55.4 Å². The fraction of sp³-hybridized carbons (Fsp3) is 0.526. The molecule has 0 unspecified atom stereocenters. The molecule has 2 heterocycles. The number of guanidine groups is 1. The maximum absolute atomic E-state index is 5.76. The summed E-state index contributed by atoms with van der Waals surface area (Å²) in [6, 6.07) is 7.86. The summed E-state index contributed by atoms with van der Waals surface area (Å²) >= 11 is 0. The Bertz CT molecular complexity index is 758. The highest BCUT2D eigenvalue weighted by molar-refractivity contribution is 5.93. The predicted molar refractivity (Wildman–Crippen MR) is 105 cm³/mol. The fourth-order valence-corrected chi connectivity index (χ4v) is 2.98. The molecule has 0 aliphatic carbocycles. The summed E-state index contributed by atoms with van der Waals surface area (Å²) in [5.74, 6) is 3.51. The van der Waals surface area contributed by atoms with Gasteiger partial charge in [-0.05, 0) is 25.5 Å². The normalized spacial score (nSPS) is 13.5. The molecule has 2 aromatic rings. The largest absolute Gasteiger partial charge is 0.493 e. The first-order chi connectivity index (χ1) is 13.3. The fourth-order valence-electron chi connectivity index (χ4n) is 2.98. The number of fused-ring (bicyclic) bond motifs is 1. The van der Waals surface area contributed by atoms with Gasteiger partial charge < -0.3 is 24.7 Å². The second-order valence-electron chi connectivity index (χ2n) is 6.33. The zero-order valence-electron chi connectivity index (χ0n) is 16.1. The molecule has 3 rings (SSSR count). The van der Waals surface area contributed by atoms with Crippen LogP contribution >= 0.6 is 0 Å². The van der Waals surface area contributed by atoms with Crippen LogP contribution in [-0.4, -0.2) is 47.6 Å². The lowest BCUT2D eigenvalue weighted by Crippen LogP contribution is -2.30. The minimum Gasteiger partial charge on any atom is -0.493 e. The molecule has 1 aromatic heterocycles. The van der Waals surface area contributed by atoms with Gasteiger partial charge in [0.15, 0.2) is 11.8 Å². The number of hydrogen-bond acceptors (Lipinski definition) is 5. The Morgan fingerprint density at radius 3 is 3.07 bits per heavy atom. The Kier molecular flexibility index (Phi) is 7.04. The summed E-state index contributed by atoms with van der Waals surface area (Å²) in [5, 5.41) is 15.1. The number of aromatic nitrogens is 3. The van der Waals surface area contributed by atoms with Crippen molar-refractivity contribution < 1.29 is 9.47 Å². The van der Waals surface area contributed by atoms with E-state index in [1.54, 1.807) is 7.11 Å². The predicted octanol–water partition coefficient (Wildman–Crippen LogP) is 2.22. The van der Waals surface area contributed by atoms with Crippen molar-refractivity contribution in [1.82, 2.24) is 20.1 Å². The maximum atomic E-state index is 5.76. The molecular weight excluding hydrogens is 344 g/mol. The van der Waals surface area contributed by atoms with Gasteiger partial charge in [-0.1, -0.05) is 6.07 Å². The molecule has 0 atom stereocenters. The molecule has 1 aliphatic rings. The van der Waals surface area contributed by atoms with E-state index in [2.05, 4.69) is 30.4 Å². The number of anilines is 1. The minimum absolute atomic E-state index is 0.496. The van der Waals surface area contributed by atoms with Gasteiger partial charge in [0.25, 0.3) is 0 Å². The molecule has 0 amide bonds. The summed E-state index contributed by atoms with van der Waals surface area (Å²) in [4.78, 5) is 4.66. The summed E-state index contributed by atoms with van der Waals surface area (Å²) < 4.78 is 13.0. The topological polar surface area (TPSA) is 85.6 Å². The van der Waals surface area contributed by atoms with E-state index in [1.165, 1.54) is 0 Å². The number of aryl methyl sites for hydroxylation is 1. The smallest absolute Gasteiger partial charge is 0.196 e. The first-order valence-electron chi connectivity index (χ1n) is 9.48. The third kappa shape index (κ3) is 5.43. The van der Waals surface area contributed by atoms with Crippen LogP contribution in [0.15, 0.2) is 29.3 Å². The van der Waals surface area contributed by atoms with Gasteiger partial charge in [0.05, 0.1) is 6.61 Å². The molecule has 0 saturated carbocycles. The van der Waals surface area contributed by atoms with E-state index in [0.29, 0.717) is 25.7 Å². The number of aliphatic imine (C=N–C) groups is 1. The molecule has 2 N–H and O–H groups in total. The minimum atomic E-state index is 0.496. The van der Waals surface area contributed by atoms with E-state index in [1.807, 2.05) is 31.2 Å². The molecule has 27 heavy (non-hydrogen) atoms. The van der Waals surface area contributed by atoms with Crippen LogP contribution in [0.1, 0.15) is 31.4 Å². The van der Waals surface area contributed by atoms with Crippen LogP contribution in [0.4, 0.5) is 5.69 Å². The van der Waals surface area contributed by atoms with Crippen molar-refractivity contribution in [2.45, 2.75) is 39.3 Å². The van der Waals surface area contributed by atoms with Crippen LogP contribution in [0.2, 0.25) is 0 Å². The Morgan fingerprint density at radius 2 is 2.22 bits per heavy atom. The summed E-state index contributed by atoms with van der Waals surface area (Å²) in [5.41, 5.74) is 0.922. The maximum Gasteiger partial charge on any atom is 0.196 e. The van der Waals surface area contributed by atoms with Crippen molar-refractivity contribution in [1.29, 1.82) is 0 Å². The Balaban J connectivity index is 1.61. The van der Waals surface area contributed by atoms with Gasteiger partial charge >= 0.3 is 0 Å². The first kappa shape index (κ1) is 19.2. The average molecular weight is 372 g/mol. The SMILES string of the molecule is CCNC(=NCc1nnc2n1CCC2)Nc1cccc(OCCCOC)c1. The van der Waals surface area contributed by atoms with Crippen molar-refractivity contribution in [3.63, 3.8) is 0 Å². The number of hydrogen-bond donors (Lipinski definition) is 2. The van der Waals surface area contributed by atoms with Gasteiger partial charge in [0.2, 0.25) is 0 Å². The Morgan fingerprint density at radius 1 is 1.30 bits per heavy atom. The molecule has 0 radical (unpaired) electrons. The summed E-state index contributed by atoms with van der Waals surface area (Å²) in [7, 11) is 1.69. The lowest BCUT2D eigenvalue weighted by molar-refractivity contribution is 0.172. The van der Waals surface area contributed by atoms with Gasteiger partial charge in [0, 0.05) is 51.4 Å². The van der Waals surface area contributed by atoms with Gasteiger partial charge in [-0.15, -0.1) is 10.2 Å². The lowest BCUT2D eigenvalue weighted by Gasteiger charge is -2.13. The van der Waals surface area contributed by atoms with Gasteiger partial charge in [-0.2, -0.15) is 0 Å². The third-order valence-corrected chi connectivity index (χ3v) is 4.27. The van der Waals surface area contributed by atoms with Crippen LogP contribution in [0, 0.1) is 0 Å². The number of methoxy groups -OCH3 is 1. The highest BCUT2D eigenvalue weighted by Gasteiger charge is 2.16. The molecule has 1 aliphatic heterocycles. The number of ether oxygens (including phenoxy) is 2. The standard InChI is InChI=1S/C19H28N6O2/c1-3-20-19(21-14-18-24-23-17-9-5-10-25(17)18)22-15-7-4-8-16(13-15)27-12-6-11-26-2/h4,7-8,13H,3,5-6,9-12,14H2,1-2H3,(H2,20,21,22). The van der Waals surface area contributed by atoms with Gasteiger partial charge in [0.1, 0.15) is 18.1 Å². The van der Waals surface area contributed by atoms with Crippen molar-refractivity contribution >= 4 is 11.6 Å². The molecule has 0 spiro atoms. The van der Waals surface area contributed by atoms with Crippen LogP contribution in [0.3, 0.4) is 0 Å². The zero-order chi connectivity index (χ0) is 18.9. The number of rotatable bonds is 9. The van der Waals surface area contributed by atoms with Crippen LogP contribution in [0.5, 0.6) is 5.75 Å². The second kappa shape index (κ2) is 9.91. The van der Waals surface area contributed by atoms with Crippen LogP contribution in [-0.2, 0) is 24.2 Å². The molecule has 1 aromatic carbocycles. The third-order valence-electron chi connectivity index (χ3n) is 4.27. The number of benzene rings is 1. The van der Waals surface area contributed by atoms with Crippen molar-refractivity contribution in [2.75, 3.05) is 32.2 Å². The van der Waals surface area contributed by atoms with Crippen LogP contribution in [0.25, 0.3) is 0 Å². The number of nitrogens with one attached hydrogen (secondary N) is 2. The van der Waals surface area contributed by atoms with Crippen molar-refractivity contribution in [2.24, 2.45) is 4.99 Å². The van der Waals surface area contributed by atoms with Gasteiger partial charge in [-0.3, -0.25) is 0 Å². The van der Waals surface area contributed by atoms with Crippen molar-refractivity contribution in [3.8, 4) is 5.75 Å². The van der Waals surface area contributed by atoms with Crippen molar-refractivity contribution in [3.05, 3.63) is 35.9 Å². The Labute approximate surface area is 160 Å². The summed E-state index contributed by atoms with van der Waals surface area (Å²) in [6.07, 6.45) is 3.00. The van der Waals surface area contributed by atoms with E-state index in [-0.39, 0.29) is 0 Å². The highest BCUT2D eigenvalue weighted by atomic mass is 16.5. The lowest BCUT2D eigenvalue weighted by atomic mass is 10.3. The number of nitrogens with zero attached hydrogens (tertiary/aromatic N) is 4. The highest BCUT2D eigenvalue weighted by Crippen LogP contribution is 2.18. The van der Waals surface area contributed by atoms with E-state index in [4.69, 9.17) is 9.47 Å². The Hall–Kier alpha value is -2.61. The average Bonchev–Trinajstić information content (AvgIpc) is 3.28. The summed E-state index contributed by atoms with van der Waals surface area (Å²) in [6.45, 7) is 5.62. The van der Waals surface area contributed by atoms with Gasteiger partial charge in [-0.25, -0.2) is 4.99 Å². The van der Waals surface area contributed by atoms with E-state index in [9.17, 15) is 0 Å². The molecular formula is C19H28N6O2. The van der Waals surface area contributed by atoms with E-state index >= 15 is 0 Å². The molecule has 8 heteroatoms. The monoisotopic (exact) mass is 372 g/mol.